The molecule has 1 nitrogen and oxygen atoms in total. The summed E-state index contributed by atoms with van der Waals surface area (Å²) in [5.41, 5.74) is 0.569. The third-order valence-electron chi connectivity index (χ3n) is 3.19. The molecule has 2 rings (SSSR count). The zero-order valence-corrected chi connectivity index (χ0v) is 7.44. The molecule has 0 aromatic heterocycles. The molecule has 0 saturated carbocycles. The third kappa shape index (κ3) is 0.871. The molecule has 0 N–H and O–H groups in total. The monoisotopic (exact) mass is 158 g/mol. The Morgan fingerprint density at radius 1 is 1.50 bits per heavy atom. The lowest BCUT2D eigenvalue weighted by Gasteiger charge is -2.20. The molecule has 2 bridgehead atoms. The highest BCUT2D eigenvalue weighted by Gasteiger charge is 2.42. The molecule has 2 fully saturated rings. The van der Waals surface area contributed by atoms with Crippen LogP contribution in [0.25, 0.3) is 0 Å². The van der Waals surface area contributed by atoms with Crippen LogP contribution in [0.3, 0.4) is 0 Å². The molecule has 58 valence electrons. The van der Waals surface area contributed by atoms with Crippen molar-refractivity contribution in [2.75, 3.05) is 12.3 Å². The van der Waals surface area contributed by atoms with Gasteiger partial charge in [0.05, 0.1) is 7.14 Å². The fourth-order valence-corrected chi connectivity index (χ4v) is 6.12. The molecule has 3 atom stereocenters. The van der Waals surface area contributed by atoms with Crippen LogP contribution in [0.2, 0.25) is 0 Å². The second kappa shape index (κ2) is 2.11. The minimum atomic E-state index is -1.61. The summed E-state index contributed by atoms with van der Waals surface area (Å²) >= 11 is 0. The molecule has 0 amide bonds. The maximum atomic E-state index is 12.0. The second-order valence-electron chi connectivity index (χ2n) is 3.95. The molecule has 2 heteroatoms. The maximum Gasteiger partial charge on any atom is 0.0906 e. The highest BCUT2D eigenvalue weighted by molar-refractivity contribution is 7.65. The average molecular weight is 158 g/mol. The molecule has 2 aliphatic heterocycles. The standard InChI is InChI=1S/C8H15OP/c1-7-5-8-3-2-4-10(7,9)6-8/h7-8H,2-6H2,1H3/t7-,8+,10?/m0/s1. The molecule has 0 aromatic carbocycles. The SMILES string of the molecule is C[C@H]1C[C@H]2CCCP1(=O)C2. The van der Waals surface area contributed by atoms with Crippen molar-refractivity contribution < 1.29 is 4.57 Å². The van der Waals surface area contributed by atoms with Gasteiger partial charge in [0.15, 0.2) is 0 Å². The topological polar surface area (TPSA) is 17.1 Å². The van der Waals surface area contributed by atoms with Gasteiger partial charge < -0.3 is 4.57 Å². The van der Waals surface area contributed by atoms with Crippen LogP contribution >= 0.6 is 7.14 Å². The first-order valence-corrected chi connectivity index (χ1v) is 6.43. The van der Waals surface area contributed by atoms with E-state index in [0.717, 1.165) is 18.2 Å². The second-order valence-corrected chi connectivity index (χ2v) is 7.55. The molecular weight excluding hydrogens is 143 g/mol. The fraction of sp³-hybridized carbons (Fsp3) is 1.00. The van der Waals surface area contributed by atoms with Gasteiger partial charge in [-0.25, -0.2) is 0 Å². The summed E-state index contributed by atoms with van der Waals surface area (Å²) in [4.78, 5) is 0. The Labute approximate surface area is 62.6 Å². The minimum absolute atomic E-state index is 0.569. The van der Waals surface area contributed by atoms with E-state index in [4.69, 9.17) is 0 Å². The Morgan fingerprint density at radius 3 is 2.90 bits per heavy atom. The van der Waals surface area contributed by atoms with Crippen molar-refractivity contribution in [1.29, 1.82) is 0 Å². The van der Waals surface area contributed by atoms with E-state index in [1.165, 1.54) is 19.3 Å². The third-order valence-corrected chi connectivity index (χ3v) is 7.22. The number of fused-ring (bicyclic) bond motifs is 2. The van der Waals surface area contributed by atoms with Crippen LogP contribution in [0.5, 0.6) is 0 Å². The van der Waals surface area contributed by atoms with Crippen molar-refractivity contribution in [2.45, 2.75) is 31.8 Å². The van der Waals surface area contributed by atoms with E-state index in [-0.39, 0.29) is 0 Å². The molecule has 0 aromatic rings. The first-order valence-electron chi connectivity index (χ1n) is 4.28. The van der Waals surface area contributed by atoms with Gasteiger partial charge in [-0.3, -0.25) is 0 Å². The largest absolute Gasteiger partial charge is 0.323 e. The Hall–Kier alpha value is 0.230. The van der Waals surface area contributed by atoms with Crippen LogP contribution in [0.15, 0.2) is 0 Å². The van der Waals surface area contributed by atoms with Gasteiger partial charge in [0, 0.05) is 18.0 Å². The molecule has 0 radical (unpaired) electrons. The van der Waals surface area contributed by atoms with Gasteiger partial charge in [-0.1, -0.05) is 6.92 Å². The van der Waals surface area contributed by atoms with Gasteiger partial charge in [0.2, 0.25) is 0 Å². The lowest BCUT2D eigenvalue weighted by atomic mass is 10.0. The molecule has 10 heavy (non-hydrogen) atoms. The average Bonchev–Trinajstić information content (AvgIpc) is 2.04. The predicted molar refractivity (Wildman–Crippen MR) is 44.1 cm³/mol. The van der Waals surface area contributed by atoms with Crippen LogP contribution in [-0.4, -0.2) is 18.0 Å². The van der Waals surface area contributed by atoms with Gasteiger partial charge >= 0.3 is 0 Å². The van der Waals surface area contributed by atoms with Crippen LogP contribution in [0.4, 0.5) is 0 Å². The van der Waals surface area contributed by atoms with E-state index in [1.54, 1.807) is 0 Å². The molecule has 0 spiro atoms. The molecule has 1 unspecified atom stereocenters. The smallest absolute Gasteiger partial charge is 0.0906 e. The zero-order valence-electron chi connectivity index (χ0n) is 6.55. The van der Waals surface area contributed by atoms with Gasteiger partial charge in [-0.2, -0.15) is 0 Å². The lowest BCUT2D eigenvalue weighted by Crippen LogP contribution is -2.06. The van der Waals surface area contributed by atoms with E-state index in [2.05, 4.69) is 6.92 Å². The summed E-state index contributed by atoms with van der Waals surface area (Å²) in [5.74, 6) is 0.842. The highest BCUT2D eigenvalue weighted by Crippen LogP contribution is 2.63. The van der Waals surface area contributed by atoms with Gasteiger partial charge in [0.25, 0.3) is 0 Å². The Balaban J connectivity index is 2.26. The first kappa shape index (κ1) is 6.91. The Kier molecular flexibility index (Phi) is 1.46. The summed E-state index contributed by atoms with van der Waals surface area (Å²) in [6.45, 7) is 2.19. The van der Waals surface area contributed by atoms with E-state index in [9.17, 15) is 4.57 Å². The minimum Gasteiger partial charge on any atom is -0.323 e. The zero-order chi connectivity index (χ0) is 7.19. The van der Waals surface area contributed by atoms with Crippen LogP contribution in [0.1, 0.15) is 26.2 Å². The van der Waals surface area contributed by atoms with Crippen LogP contribution < -0.4 is 0 Å². The van der Waals surface area contributed by atoms with Crippen molar-refractivity contribution in [3.05, 3.63) is 0 Å². The molecule has 2 saturated heterocycles. The summed E-state index contributed by atoms with van der Waals surface area (Å²) in [6, 6.07) is 0. The van der Waals surface area contributed by atoms with Crippen molar-refractivity contribution in [1.82, 2.24) is 0 Å². The maximum absolute atomic E-state index is 12.0. The van der Waals surface area contributed by atoms with Crippen molar-refractivity contribution in [2.24, 2.45) is 5.92 Å². The highest BCUT2D eigenvalue weighted by atomic mass is 31.2. The van der Waals surface area contributed by atoms with E-state index < -0.39 is 7.14 Å². The first-order chi connectivity index (χ1) is 4.71. The van der Waals surface area contributed by atoms with E-state index in [0.29, 0.717) is 5.66 Å². The van der Waals surface area contributed by atoms with Gasteiger partial charge in [-0.15, -0.1) is 0 Å². The van der Waals surface area contributed by atoms with Crippen molar-refractivity contribution in [3.8, 4) is 0 Å². The summed E-state index contributed by atoms with van der Waals surface area (Å²) in [7, 11) is -1.61. The van der Waals surface area contributed by atoms with E-state index >= 15 is 0 Å². The lowest BCUT2D eigenvalue weighted by molar-refractivity contribution is 0.508. The number of hydrogen-bond acceptors (Lipinski definition) is 1. The van der Waals surface area contributed by atoms with Gasteiger partial charge in [0.1, 0.15) is 0 Å². The molecule has 2 aliphatic rings. The summed E-state index contributed by atoms with van der Waals surface area (Å²) in [5, 5.41) is 0. The predicted octanol–water partition coefficient (Wildman–Crippen LogP) is 2.55. The summed E-state index contributed by atoms with van der Waals surface area (Å²) < 4.78 is 12.0. The fourth-order valence-electron chi connectivity index (χ4n) is 2.53. The Morgan fingerprint density at radius 2 is 2.30 bits per heavy atom. The van der Waals surface area contributed by atoms with E-state index in [1.807, 2.05) is 0 Å². The summed E-state index contributed by atoms with van der Waals surface area (Å²) in [6.07, 6.45) is 6.01. The molecular formula is C8H15OP. The van der Waals surface area contributed by atoms with Crippen LogP contribution in [-0.2, 0) is 4.57 Å². The quantitative estimate of drug-likeness (QED) is 0.495. The number of hydrogen-bond donors (Lipinski definition) is 0. The normalized spacial score (nSPS) is 53.3. The van der Waals surface area contributed by atoms with Gasteiger partial charge in [-0.05, 0) is 25.2 Å². The van der Waals surface area contributed by atoms with Crippen LogP contribution in [0, 0.1) is 5.92 Å². The molecule has 0 aliphatic carbocycles. The van der Waals surface area contributed by atoms with Crippen molar-refractivity contribution in [3.63, 3.8) is 0 Å². The molecule has 2 heterocycles. The number of rotatable bonds is 0. The van der Waals surface area contributed by atoms with Crippen molar-refractivity contribution >= 4 is 7.14 Å². The Bertz CT molecular complexity index is 188.